The monoisotopic (exact) mass is 106 g/mol. The van der Waals surface area contributed by atoms with Crippen LogP contribution in [-0.4, -0.2) is 26.7 Å². The van der Waals surface area contributed by atoms with Crippen LogP contribution < -0.4 is 0 Å². The summed E-state index contributed by atoms with van der Waals surface area (Å²) in [5.74, 6) is -0.861. The minimum absolute atomic E-state index is 0.213. The van der Waals surface area contributed by atoms with Crippen LogP contribution in [0.5, 0.6) is 0 Å². The zero-order valence-corrected chi connectivity index (χ0v) is 3.44. The van der Waals surface area contributed by atoms with E-state index in [2.05, 4.69) is 0 Å². The van der Waals surface area contributed by atoms with E-state index in [1.807, 2.05) is 0 Å². The van der Waals surface area contributed by atoms with Gasteiger partial charge in [-0.15, -0.1) is 0 Å². The van der Waals surface area contributed by atoms with Crippen molar-refractivity contribution in [1.82, 2.24) is 0 Å². The number of hydrogen-bond acceptors (Lipinski definition) is 4. The Balaban J connectivity index is 3.56. The predicted molar refractivity (Wildman–Crippen MR) is 21.6 cm³/mol. The van der Waals surface area contributed by atoms with Crippen LogP contribution >= 0.6 is 0 Å². The van der Waals surface area contributed by atoms with Crippen molar-refractivity contribution in [3.05, 3.63) is 12.0 Å². The van der Waals surface area contributed by atoms with E-state index < -0.39 is 12.0 Å². The Hall–Kier alpha value is -0.740. The smallest absolute Gasteiger partial charge is 0.214 e. The number of aliphatic hydroxyl groups excluding tert-OH is 3. The summed E-state index contributed by atoms with van der Waals surface area (Å²) in [6, 6.07) is 0. The third-order valence-corrected chi connectivity index (χ3v) is 0.397. The molecule has 0 saturated carbocycles. The molecule has 0 aromatic rings. The molecule has 0 atom stereocenters. The highest BCUT2D eigenvalue weighted by atomic mass is 16.5. The predicted octanol–water partition coefficient (Wildman–Crippen LogP) is -0.746. The molecule has 0 bridgehead atoms. The number of rotatable bonds is 1. The van der Waals surface area contributed by atoms with Crippen LogP contribution in [0, 0.1) is 0 Å². The van der Waals surface area contributed by atoms with Gasteiger partial charge in [0.15, 0.2) is 5.76 Å². The standard InChI is InChI=1S/C3H6O4/c4-1-2(5)3(6)7/h1,3-7H/b2-1-. The third-order valence-electron chi connectivity index (χ3n) is 0.397. The van der Waals surface area contributed by atoms with E-state index in [0.29, 0.717) is 0 Å². The Kier molecular flexibility index (Phi) is 2.18. The quantitative estimate of drug-likeness (QED) is 0.262. The minimum atomic E-state index is -1.97. The van der Waals surface area contributed by atoms with Crippen molar-refractivity contribution in [1.29, 1.82) is 0 Å². The second-order valence-electron chi connectivity index (χ2n) is 0.928. The molecule has 0 fully saturated rings. The summed E-state index contributed by atoms with van der Waals surface area (Å²) < 4.78 is 0. The minimum Gasteiger partial charge on any atom is -0.512 e. The van der Waals surface area contributed by atoms with Crippen LogP contribution in [-0.2, 0) is 0 Å². The molecule has 0 saturated heterocycles. The van der Waals surface area contributed by atoms with Crippen LogP contribution in [0.15, 0.2) is 12.0 Å². The molecule has 0 unspecified atom stereocenters. The average Bonchev–Trinajstić information content (AvgIpc) is 1.65. The molecule has 4 N–H and O–H groups in total. The summed E-state index contributed by atoms with van der Waals surface area (Å²) in [5, 5.41) is 31.6. The molecular weight excluding hydrogens is 100 g/mol. The highest BCUT2D eigenvalue weighted by Crippen LogP contribution is 1.88. The lowest BCUT2D eigenvalue weighted by molar-refractivity contribution is -0.0396. The van der Waals surface area contributed by atoms with Gasteiger partial charge in [-0.3, -0.25) is 0 Å². The van der Waals surface area contributed by atoms with Gasteiger partial charge in [-0.1, -0.05) is 0 Å². The molecule has 0 aromatic carbocycles. The molecule has 4 heteroatoms. The van der Waals surface area contributed by atoms with E-state index in [1.165, 1.54) is 0 Å². The molecule has 4 nitrogen and oxygen atoms in total. The van der Waals surface area contributed by atoms with Crippen molar-refractivity contribution in [2.45, 2.75) is 6.29 Å². The fourth-order valence-corrected chi connectivity index (χ4v) is 0.0667. The molecule has 7 heavy (non-hydrogen) atoms. The van der Waals surface area contributed by atoms with Gasteiger partial charge in [0.1, 0.15) is 6.26 Å². The Labute approximate surface area is 40.0 Å². The van der Waals surface area contributed by atoms with Gasteiger partial charge in [-0.2, -0.15) is 0 Å². The summed E-state index contributed by atoms with van der Waals surface area (Å²) in [7, 11) is 0. The Morgan fingerprint density at radius 1 is 1.43 bits per heavy atom. The van der Waals surface area contributed by atoms with Gasteiger partial charge < -0.3 is 20.4 Å². The van der Waals surface area contributed by atoms with Gasteiger partial charge >= 0.3 is 0 Å². The van der Waals surface area contributed by atoms with Crippen molar-refractivity contribution in [2.75, 3.05) is 0 Å². The first-order chi connectivity index (χ1) is 3.18. The normalized spacial score (nSPS) is 12.7. The van der Waals surface area contributed by atoms with Gasteiger partial charge in [-0.25, -0.2) is 0 Å². The van der Waals surface area contributed by atoms with Crippen molar-refractivity contribution in [3.63, 3.8) is 0 Å². The van der Waals surface area contributed by atoms with Crippen LogP contribution in [0.1, 0.15) is 0 Å². The second kappa shape index (κ2) is 2.44. The Morgan fingerprint density at radius 2 is 1.86 bits per heavy atom. The van der Waals surface area contributed by atoms with Crippen LogP contribution in [0.25, 0.3) is 0 Å². The molecule has 0 aliphatic heterocycles. The average molecular weight is 106 g/mol. The first-order valence-corrected chi connectivity index (χ1v) is 1.58. The van der Waals surface area contributed by atoms with E-state index in [4.69, 9.17) is 20.4 Å². The van der Waals surface area contributed by atoms with Crippen LogP contribution in [0.4, 0.5) is 0 Å². The maximum atomic E-state index is 8.05. The van der Waals surface area contributed by atoms with Crippen LogP contribution in [0.3, 0.4) is 0 Å². The first kappa shape index (κ1) is 6.26. The zero-order chi connectivity index (χ0) is 5.86. The highest BCUT2D eigenvalue weighted by molar-refractivity contribution is 4.85. The summed E-state index contributed by atoms with van der Waals surface area (Å²) in [6.07, 6.45) is -1.75. The van der Waals surface area contributed by atoms with E-state index in [1.54, 1.807) is 0 Å². The second-order valence-corrected chi connectivity index (χ2v) is 0.928. The van der Waals surface area contributed by atoms with Gasteiger partial charge in [0, 0.05) is 0 Å². The summed E-state index contributed by atoms with van der Waals surface area (Å²) in [5.41, 5.74) is 0. The van der Waals surface area contributed by atoms with Crippen molar-refractivity contribution in [3.8, 4) is 0 Å². The van der Waals surface area contributed by atoms with E-state index in [0.717, 1.165) is 0 Å². The third kappa shape index (κ3) is 2.02. The molecule has 0 aromatic heterocycles. The molecular formula is C3H6O4. The maximum Gasteiger partial charge on any atom is 0.214 e. The van der Waals surface area contributed by atoms with Gasteiger partial charge in [-0.05, 0) is 0 Å². The lowest BCUT2D eigenvalue weighted by Gasteiger charge is -1.96. The van der Waals surface area contributed by atoms with Crippen molar-refractivity contribution >= 4 is 0 Å². The highest BCUT2D eigenvalue weighted by Gasteiger charge is 2.00. The lowest BCUT2D eigenvalue weighted by Crippen LogP contribution is -2.07. The SMILES string of the molecule is O/C=C(\O)C(O)O. The molecule has 0 spiro atoms. The fourth-order valence-electron chi connectivity index (χ4n) is 0.0667. The van der Waals surface area contributed by atoms with E-state index in [-0.39, 0.29) is 6.26 Å². The fraction of sp³-hybridized carbons (Fsp3) is 0.333. The Bertz CT molecular complexity index is 75.0. The van der Waals surface area contributed by atoms with Crippen molar-refractivity contribution in [2.24, 2.45) is 0 Å². The van der Waals surface area contributed by atoms with E-state index in [9.17, 15) is 0 Å². The zero-order valence-electron chi connectivity index (χ0n) is 3.44. The lowest BCUT2D eigenvalue weighted by atomic mass is 10.5. The van der Waals surface area contributed by atoms with Gasteiger partial charge in [0.25, 0.3) is 0 Å². The molecule has 0 aliphatic rings. The number of hydrogen-bond donors (Lipinski definition) is 4. The van der Waals surface area contributed by atoms with Crippen molar-refractivity contribution < 1.29 is 20.4 Å². The van der Waals surface area contributed by atoms with Gasteiger partial charge in [0.2, 0.25) is 6.29 Å². The molecule has 0 aliphatic carbocycles. The van der Waals surface area contributed by atoms with E-state index >= 15 is 0 Å². The molecule has 42 valence electrons. The first-order valence-electron chi connectivity index (χ1n) is 1.58. The topological polar surface area (TPSA) is 80.9 Å². The molecule has 0 amide bonds. The molecule has 0 radical (unpaired) electrons. The Morgan fingerprint density at radius 3 is 1.86 bits per heavy atom. The largest absolute Gasteiger partial charge is 0.512 e. The summed E-state index contributed by atoms with van der Waals surface area (Å²) >= 11 is 0. The summed E-state index contributed by atoms with van der Waals surface area (Å²) in [4.78, 5) is 0. The number of aliphatic hydroxyl groups is 4. The molecule has 0 heterocycles. The van der Waals surface area contributed by atoms with Gasteiger partial charge in [0.05, 0.1) is 0 Å². The molecule has 0 rings (SSSR count). The van der Waals surface area contributed by atoms with Crippen LogP contribution in [0.2, 0.25) is 0 Å². The maximum absolute atomic E-state index is 8.05. The summed E-state index contributed by atoms with van der Waals surface area (Å²) in [6.45, 7) is 0.